The number of nitrogens with one attached hydrogen (secondary N) is 3. The van der Waals surface area contributed by atoms with E-state index in [1.54, 1.807) is 22.7 Å². The quantitative estimate of drug-likeness (QED) is 0.166. The van der Waals surface area contributed by atoms with Gasteiger partial charge in [-0.3, -0.25) is 24.2 Å². The number of nitrogens with zero attached hydrogens (tertiary/aromatic N) is 5. The van der Waals surface area contributed by atoms with Crippen LogP contribution in [0, 0.1) is 5.92 Å². The molecule has 1 aromatic carbocycles. The SMILES string of the molecule is O=C(C(=O)C(F)(F)F)C(F)(F)F.O=C(CC1CN(C(=O)c2nccs2)C1)Nc1ccc2cc1CCc1cncc(c1)Nc1ncc(Cl)c(n1)N2. The molecule has 2 amide bonds. The fourth-order valence-electron chi connectivity index (χ4n) is 4.80. The van der Waals surface area contributed by atoms with Gasteiger partial charge in [0.15, 0.2) is 10.8 Å². The van der Waals surface area contributed by atoms with Crippen LogP contribution < -0.4 is 16.0 Å². The summed E-state index contributed by atoms with van der Waals surface area (Å²) in [6.45, 7) is 1.11. The van der Waals surface area contributed by atoms with Gasteiger partial charge in [0.25, 0.3) is 5.91 Å². The topological polar surface area (TPSA) is 159 Å². The Balaban J connectivity index is 0.000000349. The molecular formula is C30H23ClF6N8O4S. The fourth-order valence-corrected chi connectivity index (χ4v) is 5.54. The summed E-state index contributed by atoms with van der Waals surface area (Å²) in [5.74, 6) is -5.97. The molecule has 0 unspecified atom stereocenters. The van der Waals surface area contributed by atoms with E-state index in [9.17, 15) is 45.5 Å². The number of carbonyl (C=O) groups excluding carboxylic acids is 4. The first-order chi connectivity index (χ1) is 23.6. The molecule has 0 atom stereocenters. The zero-order valence-electron chi connectivity index (χ0n) is 25.2. The Labute approximate surface area is 287 Å². The smallest absolute Gasteiger partial charge is 0.339 e. The molecule has 50 heavy (non-hydrogen) atoms. The highest BCUT2D eigenvalue weighted by Crippen LogP contribution is 2.30. The van der Waals surface area contributed by atoms with Gasteiger partial charge in [-0.2, -0.15) is 31.3 Å². The first kappa shape index (κ1) is 36.1. The number of ketones is 2. The van der Waals surface area contributed by atoms with Crippen molar-refractivity contribution >= 4 is 75.1 Å². The molecule has 6 rings (SSSR count). The number of benzene rings is 1. The van der Waals surface area contributed by atoms with Gasteiger partial charge in [0.2, 0.25) is 11.9 Å². The number of likely N-dealkylation sites (tertiary alicyclic amines) is 1. The van der Waals surface area contributed by atoms with Crippen LogP contribution in [0.2, 0.25) is 5.02 Å². The highest BCUT2D eigenvalue weighted by atomic mass is 35.5. The highest BCUT2D eigenvalue weighted by Gasteiger charge is 2.54. The van der Waals surface area contributed by atoms with Crippen LogP contribution in [0.3, 0.4) is 0 Å². The molecule has 12 nitrogen and oxygen atoms in total. The Morgan fingerprint density at radius 1 is 0.920 bits per heavy atom. The largest absolute Gasteiger partial charge is 0.458 e. The molecule has 2 aliphatic rings. The Bertz CT molecular complexity index is 1900. The zero-order valence-corrected chi connectivity index (χ0v) is 26.8. The van der Waals surface area contributed by atoms with Crippen molar-refractivity contribution in [1.29, 1.82) is 0 Å². The maximum atomic E-state index is 12.9. The summed E-state index contributed by atoms with van der Waals surface area (Å²) in [6.07, 6.45) is -3.08. The summed E-state index contributed by atoms with van der Waals surface area (Å²) in [6, 6.07) is 7.77. The van der Waals surface area contributed by atoms with Crippen LogP contribution in [0.25, 0.3) is 0 Å². The summed E-state index contributed by atoms with van der Waals surface area (Å²) in [7, 11) is 0. The Kier molecular flexibility index (Phi) is 10.7. The third kappa shape index (κ3) is 9.08. The van der Waals surface area contributed by atoms with E-state index < -0.39 is 23.9 Å². The van der Waals surface area contributed by atoms with E-state index in [0.717, 1.165) is 34.6 Å². The van der Waals surface area contributed by atoms with Gasteiger partial charge < -0.3 is 20.9 Å². The molecular weight excluding hydrogens is 718 g/mol. The summed E-state index contributed by atoms with van der Waals surface area (Å²) < 4.78 is 67.0. The minimum absolute atomic E-state index is 0.0735. The van der Waals surface area contributed by atoms with E-state index in [1.165, 1.54) is 17.5 Å². The second-order valence-electron chi connectivity index (χ2n) is 10.9. The first-order valence-corrected chi connectivity index (χ1v) is 15.7. The van der Waals surface area contributed by atoms with Gasteiger partial charge in [-0.05, 0) is 48.2 Å². The van der Waals surface area contributed by atoms with Gasteiger partial charge in [0.05, 0.1) is 18.1 Å². The number of carbonyl (C=O) groups is 4. The van der Waals surface area contributed by atoms with E-state index in [-0.39, 0.29) is 17.7 Å². The van der Waals surface area contributed by atoms with Crippen LogP contribution in [-0.4, -0.2) is 73.7 Å². The number of hydrogen-bond acceptors (Lipinski definition) is 11. The van der Waals surface area contributed by atoms with Gasteiger partial charge in [-0.25, -0.2) is 9.97 Å². The van der Waals surface area contributed by atoms with Crippen LogP contribution >= 0.6 is 22.9 Å². The lowest BCUT2D eigenvalue weighted by atomic mass is 9.95. The Hall–Kier alpha value is -5.17. The van der Waals surface area contributed by atoms with Crippen molar-refractivity contribution in [1.82, 2.24) is 24.8 Å². The molecule has 1 fully saturated rings. The second kappa shape index (κ2) is 14.8. The van der Waals surface area contributed by atoms with Crippen molar-refractivity contribution in [3.05, 3.63) is 75.6 Å². The number of alkyl halides is 6. The molecule has 5 heterocycles. The minimum atomic E-state index is -5.77. The van der Waals surface area contributed by atoms with Crippen molar-refractivity contribution in [2.45, 2.75) is 31.6 Å². The minimum Gasteiger partial charge on any atom is -0.339 e. The summed E-state index contributed by atoms with van der Waals surface area (Å²) in [4.78, 5) is 63.5. The average molecular weight is 741 g/mol. The lowest BCUT2D eigenvalue weighted by Crippen LogP contribution is -2.50. The lowest BCUT2D eigenvalue weighted by molar-refractivity contribution is -0.193. The van der Waals surface area contributed by atoms with Crippen molar-refractivity contribution in [2.75, 3.05) is 29.0 Å². The third-order valence-electron chi connectivity index (χ3n) is 7.18. The normalized spacial score (nSPS) is 14.2. The molecule has 3 N–H and O–H groups in total. The standard InChI is InChI=1S/C26H23ClN8O2S.C4F6O2/c27-20-12-30-26-32-19-7-15(10-28-11-19)1-2-17-9-18(31-23(20)34-26)3-4-21(17)33-22(36)8-16-13-35(14-16)25(37)24-29-5-6-38-24;5-3(6,7)1(11)2(12)4(8,9)10/h3-7,9-12,16H,1-2,8,13-14H2,(H,33,36)(H2,30,31,32,34);. The fraction of sp³-hybridized carbons (Fsp3) is 0.267. The van der Waals surface area contributed by atoms with Gasteiger partial charge >= 0.3 is 23.9 Å². The number of fused-ring (bicyclic) bond motifs is 6. The van der Waals surface area contributed by atoms with Crippen LogP contribution in [0.5, 0.6) is 0 Å². The molecule has 0 aliphatic carbocycles. The van der Waals surface area contributed by atoms with Crippen LogP contribution in [0.1, 0.15) is 27.3 Å². The van der Waals surface area contributed by atoms with Gasteiger partial charge in [-0.15, -0.1) is 11.3 Å². The Morgan fingerprint density at radius 3 is 2.30 bits per heavy atom. The number of rotatable bonds is 5. The molecule has 0 spiro atoms. The number of thiazole rings is 1. The second-order valence-corrected chi connectivity index (χ2v) is 12.2. The number of aromatic nitrogens is 4. The predicted octanol–water partition coefficient (Wildman–Crippen LogP) is 5.92. The number of aryl methyl sites for hydroxylation is 2. The molecule has 20 heteroatoms. The summed E-state index contributed by atoms with van der Waals surface area (Å²) >= 11 is 7.67. The van der Waals surface area contributed by atoms with E-state index in [2.05, 4.69) is 35.9 Å². The van der Waals surface area contributed by atoms with Crippen LogP contribution in [-0.2, 0) is 27.2 Å². The lowest BCUT2D eigenvalue weighted by Gasteiger charge is -2.38. The monoisotopic (exact) mass is 740 g/mol. The van der Waals surface area contributed by atoms with Crippen LogP contribution in [0.15, 0.2) is 54.4 Å². The summed E-state index contributed by atoms with van der Waals surface area (Å²) in [5, 5.41) is 12.2. The van der Waals surface area contributed by atoms with Crippen molar-refractivity contribution in [2.24, 2.45) is 5.92 Å². The highest BCUT2D eigenvalue weighted by molar-refractivity contribution is 7.11. The van der Waals surface area contributed by atoms with E-state index in [4.69, 9.17) is 11.6 Å². The van der Waals surface area contributed by atoms with Crippen LogP contribution in [0.4, 0.5) is 55.2 Å². The predicted molar refractivity (Wildman–Crippen MR) is 169 cm³/mol. The first-order valence-electron chi connectivity index (χ1n) is 14.4. The van der Waals surface area contributed by atoms with Gasteiger partial charge in [0, 0.05) is 54.6 Å². The van der Waals surface area contributed by atoms with E-state index in [1.807, 2.05) is 30.5 Å². The van der Waals surface area contributed by atoms with Crippen molar-refractivity contribution < 1.29 is 45.5 Å². The zero-order chi connectivity index (χ0) is 36.2. The number of hydrogen-bond donors (Lipinski definition) is 3. The molecule has 0 saturated carbocycles. The third-order valence-corrected chi connectivity index (χ3v) is 8.21. The number of halogens is 7. The number of amides is 2. The van der Waals surface area contributed by atoms with E-state index in [0.29, 0.717) is 47.7 Å². The maximum Gasteiger partial charge on any atom is 0.458 e. The van der Waals surface area contributed by atoms with Crippen molar-refractivity contribution in [3.8, 4) is 0 Å². The number of anilines is 5. The Morgan fingerprint density at radius 2 is 1.64 bits per heavy atom. The van der Waals surface area contributed by atoms with Crippen molar-refractivity contribution in [3.63, 3.8) is 0 Å². The molecule has 1 saturated heterocycles. The average Bonchev–Trinajstić information content (AvgIpc) is 3.58. The molecule has 3 aromatic heterocycles. The van der Waals surface area contributed by atoms with Gasteiger partial charge in [-0.1, -0.05) is 11.6 Å². The number of Topliss-reactive ketones (excluding diaryl/α,β-unsaturated/α-hetero) is 2. The molecule has 6 bridgehead atoms. The molecule has 4 aromatic rings. The summed E-state index contributed by atoms with van der Waals surface area (Å²) in [5.41, 5.74) is 4.34. The van der Waals surface area contributed by atoms with E-state index >= 15 is 0 Å². The molecule has 2 aliphatic heterocycles. The maximum absolute atomic E-state index is 12.9. The number of pyridine rings is 1. The molecule has 262 valence electrons. The van der Waals surface area contributed by atoms with Gasteiger partial charge in [0.1, 0.15) is 5.02 Å². The molecule has 0 radical (unpaired) electrons.